The Labute approximate surface area is 181 Å². The van der Waals surface area contributed by atoms with Gasteiger partial charge in [0, 0.05) is 37.6 Å². The topological polar surface area (TPSA) is 87.4 Å². The third kappa shape index (κ3) is 5.14. The Morgan fingerprint density at radius 1 is 1.13 bits per heavy atom. The minimum atomic E-state index is -0.382. The standard InChI is InChI=1S/C23H28N4O4/c1-5-27-15-18(14-25-27)13-24-22(28)21-16(2)8-10-26(23(21)29)11-9-17-6-7-19(30-3)20(12-17)31-4/h6-8,10,12,14-15H,5,9,11,13H2,1-4H3,(H,24,28). The highest BCUT2D eigenvalue weighted by molar-refractivity contribution is 5.95. The second kappa shape index (κ2) is 9.97. The van der Waals surface area contributed by atoms with Crippen molar-refractivity contribution in [2.45, 2.75) is 39.9 Å². The molecular weight excluding hydrogens is 396 g/mol. The van der Waals surface area contributed by atoms with Crippen molar-refractivity contribution in [3.05, 3.63) is 75.5 Å². The van der Waals surface area contributed by atoms with E-state index in [2.05, 4.69) is 10.4 Å². The molecule has 2 aromatic heterocycles. The van der Waals surface area contributed by atoms with Crippen LogP contribution in [0.5, 0.6) is 11.5 Å². The number of hydrogen-bond acceptors (Lipinski definition) is 5. The summed E-state index contributed by atoms with van der Waals surface area (Å²) in [6.45, 7) is 5.28. The van der Waals surface area contributed by atoms with Gasteiger partial charge in [0.1, 0.15) is 5.56 Å². The second-order valence-corrected chi connectivity index (χ2v) is 7.20. The fraction of sp³-hybridized carbons (Fsp3) is 0.348. The number of rotatable bonds is 9. The van der Waals surface area contributed by atoms with Crippen molar-refractivity contribution < 1.29 is 14.3 Å². The monoisotopic (exact) mass is 424 g/mol. The molecule has 3 rings (SSSR count). The maximum atomic E-state index is 13.0. The minimum absolute atomic E-state index is 0.165. The number of hydrogen-bond donors (Lipinski definition) is 1. The maximum Gasteiger partial charge on any atom is 0.263 e. The van der Waals surface area contributed by atoms with Crippen molar-refractivity contribution in [2.24, 2.45) is 0 Å². The molecule has 8 heteroatoms. The molecule has 0 saturated carbocycles. The van der Waals surface area contributed by atoms with E-state index in [9.17, 15) is 9.59 Å². The minimum Gasteiger partial charge on any atom is -0.493 e. The molecule has 31 heavy (non-hydrogen) atoms. The van der Waals surface area contributed by atoms with Crippen LogP contribution in [0.4, 0.5) is 0 Å². The molecule has 0 aliphatic heterocycles. The van der Waals surface area contributed by atoms with E-state index < -0.39 is 0 Å². The number of carbonyl (C=O) groups excluding carboxylic acids is 1. The van der Waals surface area contributed by atoms with Crippen molar-refractivity contribution >= 4 is 5.91 Å². The average molecular weight is 425 g/mol. The van der Waals surface area contributed by atoms with Crippen molar-refractivity contribution in [2.75, 3.05) is 14.2 Å². The van der Waals surface area contributed by atoms with Gasteiger partial charge in [-0.05, 0) is 49.6 Å². The molecule has 0 fully saturated rings. The summed E-state index contributed by atoms with van der Waals surface area (Å²) in [5.41, 5.74) is 2.40. The molecule has 8 nitrogen and oxygen atoms in total. The number of nitrogens with zero attached hydrogens (tertiary/aromatic N) is 3. The molecule has 0 spiro atoms. The summed E-state index contributed by atoms with van der Waals surface area (Å²) in [5, 5.41) is 7.02. The van der Waals surface area contributed by atoms with Crippen molar-refractivity contribution in [1.82, 2.24) is 19.7 Å². The number of carbonyl (C=O) groups is 1. The Morgan fingerprint density at radius 3 is 2.58 bits per heavy atom. The number of aryl methyl sites for hydroxylation is 4. The molecule has 3 aromatic rings. The van der Waals surface area contributed by atoms with Crippen molar-refractivity contribution in [3.63, 3.8) is 0 Å². The van der Waals surface area contributed by atoms with Crippen LogP contribution in [-0.4, -0.2) is 34.5 Å². The first-order chi connectivity index (χ1) is 15.0. The first kappa shape index (κ1) is 22.1. The lowest BCUT2D eigenvalue weighted by Crippen LogP contribution is -2.34. The van der Waals surface area contributed by atoms with Crippen molar-refractivity contribution in [1.29, 1.82) is 0 Å². The van der Waals surface area contributed by atoms with Crippen LogP contribution in [0, 0.1) is 6.92 Å². The Bertz CT molecular complexity index is 1120. The normalized spacial score (nSPS) is 10.7. The fourth-order valence-electron chi connectivity index (χ4n) is 3.34. The number of methoxy groups -OCH3 is 2. The summed E-state index contributed by atoms with van der Waals surface area (Å²) in [5.74, 6) is 0.914. The van der Waals surface area contributed by atoms with E-state index in [4.69, 9.17) is 9.47 Å². The van der Waals surface area contributed by atoms with E-state index in [1.807, 2.05) is 31.3 Å². The summed E-state index contributed by atoms with van der Waals surface area (Å²) >= 11 is 0. The van der Waals surface area contributed by atoms with E-state index in [1.54, 1.807) is 48.9 Å². The van der Waals surface area contributed by atoms with E-state index in [0.29, 0.717) is 36.6 Å². The van der Waals surface area contributed by atoms with Crippen LogP contribution < -0.4 is 20.3 Å². The third-order valence-corrected chi connectivity index (χ3v) is 5.15. The van der Waals surface area contributed by atoms with E-state index in [1.165, 1.54) is 0 Å². The molecule has 1 amide bonds. The smallest absolute Gasteiger partial charge is 0.263 e. The van der Waals surface area contributed by atoms with E-state index in [-0.39, 0.29) is 17.0 Å². The molecule has 0 aliphatic rings. The van der Waals surface area contributed by atoms with Gasteiger partial charge in [0.05, 0.1) is 20.4 Å². The summed E-state index contributed by atoms with van der Waals surface area (Å²) < 4.78 is 14.0. The molecule has 0 aliphatic carbocycles. The molecule has 1 aromatic carbocycles. The fourth-order valence-corrected chi connectivity index (χ4v) is 3.34. The van der Waals surface area contributed by atoms with Gasteiger partial charge >= 0.3 is 0 Å². The van der Waals surface area contributed by atoms with Crippen LogP contribution in [0.2, 0.25) is 0 Å². The Kier molecular flexibility index (Phi) is 7.12. The highest BCUT2D eigenvalue weighted by Gasteiger charge is 2.16. The highest BCUT2D eigenvalue weighted by atomic mass is 16.5. The summed E-state index contributed by atoms with van der Waals surface area (Å²) in [6.07, 6.45) is 5.92. The van der Waals surface area contributed by atoms with Gasteiger partial charge in [0.25, 0.3) is 11.5 Å². The Balaban J connectivity index is 1.72. The van der Waals surface area contributed by atoms with E-state index >= 15 is 0 Å². The van der Waals surface area contributed by atoms with Crippen LogP contribution in [0.15, 0.2) is 47.7 Å². The SMILES string of the molecule is CCn1cc(CNC(=O)c2c(C)ccn(CCc3ccc(OC)c(OC)c3)c2=O)cn1. The number of aromatic nitrogens is 3. The van der Waals surface area contributed by atoms with Crippen molar-refractivity contribution in [3.8, 4) is 11.5 Å². The predicted molar refractivity (Wildman–Crippen MR) is 118 cm³/mol. The number of benzene rings is 1. The second-order valence-electron chi connectivity index (χ2n) is 7.20. The van der Waals surface area contributed by atoms with Gasteiger partial charge in [-0.25, -0.2) is 0 Å². The van der Waals surface area contributed by atoms with Crippen LogP contribution in [0.3, 0.4) is 0 Å². The Morgan fingerprint density at radius 2 is 1.90 bits per heavy atom. The molecule has 164 valence electrons. The van der Waals surface area contributed by atoms with Crippen LogP contribution in [-0.2, 0) is 26.1 Å². The molecule has 0 saturated heterocycles. The highest BCUT2D eigenvalue weighted by Crippen LogP contribution is 2.27. The quantitative estimate of drug-likeness (QED) is 0.570. The first-order valence-electron chi connectivity index (χ1n) is 10.2. The molecule has 0 radical (unpaired) electrons. The Hall–Kier alpha value is -3.55. The summed E-state index contributed by atoms with van der Waals surface area (Å²) in [4.78, 5) is 25.7. The average Bonchev–Trinajstić information content (AvgIpc) is 3.25. The lowest BCUT2D eigenvalue weighted by atomic mass is 10.1. The molecule has 0 bridgehead atoms. The van der Waals surface area contributed by atoms with Gasteiger partial charge in [-0.2, -0.15) is 5.10 Å². The molecule has 0 atom stereocenters. The number of nitrogens with one attached hydrogen (secondary N) is 1. The van der Waals surface area contributed by atoms with Gasteiger partial charge in [0.2, 0.25) is 0 Å². The van der Waals surface area contributed by atoms with Gasteiger partial charge in [-0.3, -0.25) is 14.3 Å². The zero-order valence-corrected chi connectivity index (χ0v) is 18.3. The van der Waals surface area contributed by atoms with Crippen LogP contribution in [0.25, 0.3) is 0 Å². The lowest BCUT2D eigenvalue weighted by molar-refractivity contribution is 0.0948. The molecule has 1 N–H and O–H groups in total. The zero-order valence-electron chi connectivity index (χ0n) is 18.3. The molecule has 0 unspecified atom stereocenters. The zero-order chi connectivity index (χ0) is 22.4. The third-order valence-electron chi connectivity index (χ3n) is 5.15. The first-order valence-corrected chi connectivity index (χ1v) is 10.2. The van der Waals surface area contributed by atoms with E-state index in [0.717, 1.165) is 17.7 Å². The van der Waals surface area contributed by atoms with Crippen LogP contribution >= 0.6 is 0 Å². The van der Waals surface area contributed by atoms with Gasteiger partial charge in [-0.15, -0.1) is 0 Å². The lowest BCUT2D eigenvalue weighted by Gasteiger charge is -2.12. The van der Waals surface area contributed by atoms with Gasteiger partial charge in [0.15, 0.2) is 11.5 Å². The van der Waals surface area contributed by atoms with Crippen LogP contribution in [0.1, 0.15) is 34.0 Å². The molecule has 2 heterocycles. The number of pyridine rings is 1. The molecular formula is C23H28N4O4. The largest absolute Gasteiger partial charge is 0.493 e. The predicted octanol–water partition coefficient (Wildman–Crippen LogP) is 2.56. The van der Waals surface area contributed by atoms with Gasteiger partial charge < -0.3 is 19.4 Å². The van der Waals surface area contributed by atoms with Gasteiger partial charge in [-0.1, -0.05) is 6.07 Å². The summed E-state index contributed by atoms with van der Waals surface area (Å²) in [7, 11) is 3.18. The number of amides is 1. The number of ether oxygens (including phenoxy) is 2. The maximum absolute atomic E-state index is 13.0. The summed E-state index contributed by atoms with van der Waals surface area (Å²) in [6, 6.07) is 7.46.